The Bertz CT molecular complexity index is 1310. The van der Waals surface area contributed by atoms with Crippen molar-refractivity contribution in [3.05, 3.63) is 93.6 Å². The Morgan fingerprint density at radius 2 is 1.88 bits per heavy atom. The lowest BCUT2D eigenvalue weighted by Crippen LogP contribution is -2.38. The summed E-state index contributed by atoms with van der Waals surface area (Å²) in [5, 5.41) is 15.0. The third kappa shape index (κ3) is 5.65. The Hall–Kier alpha value is -3.19. The predicted molar refractivity (Wildman–Crippen MR) is 134 cm³/mol. The molecule has 3 N–H and O–H groups in total. The molecule has 3 aromatic carbocycles. The third-order valence-electron chi connectivity index (χ3n) is 5.58. The SMILES string of the molecule is COc1cc(CNC(Cc2c[nH]c3ccccc23)C(=O)O)ccc1OCc1ccc(Cl)cc1Cl. The number of H-pyrrole nitrogens is 1. The molecule has 1 unspecified atom stereocenters. The summed E-state index contributed by atoms with van der Waals surface area (Å²) < 4.78 is 11.4. The Morgan fingerprint density at radius 1 is 1.06 bits per heavy atom. The molecule has 176 valence electrons. The van der Waals surface area contributed by atoms with Crippen molar-refractivity contribution in [1.29, 1.82) is 0 Å². The summed E-state index contributed by atoms with van der Waals surface area (Å²) in [6, 6.07) is 17.9. The minimum absolute atomic E-state index is 0.260. The van der Waals surface area contributed by atoms with Crippen LogP contribution in [0.1, 0.15) is 16.7 Å². The standard InChI is InChI=1S/C26H24Cl2N2O4/c1-33-25-10-16(6-9-24(25)34-15-17-7-8-19(27)12-21(17)28)13-29-23(26(31)32)11-18-14-30-22-5-3-2-4-20(18)22/h2-10,12,14,23,29-30H,11,13,15H2,1H3,(H,31,32). The van der Waals surface area contributed by atoms with Crippen molar-refractivity contribution in [2.24, 2.45) is 0 Å². The topological polar surface area (TPSA) is 83.6 Å². The first-order valence-corrected chi connectivity index (χ1v) is 11.4. The van der Waals surface area contributed by atoms with Crippen LogP contribution in [0.25, 0.3) is 10.9 Å². The van der Waals surface area contributed by atoms with Gasteiger partial charge in [-0.2, -0.15) is 0 Å². The maximum Gasteiger partial charge on any atom is 0.321 e. The summed E-state index contributed by atoms with van der Waals surface area (Å²) in [6.45, 7) is 0.620. The van der Waals surface area contributed by atoms with Crippen molar-refractivity contribution < 1.29 is 19.4 Å². The van der Waals surface area contributed by atoms with E-state index in [1.807, 2.05) is 48.7 Å². The molecule has 1 atom stereocenters. The zero-order chi connectivity index (χ0) is 24.1. The van der Waals surface area contributed by atoms with Crippen molar-refractivity contribution in [2.45, 2.75) is 25.6 Å². The highest BCUT2D eigenvalue weighted by Crippen LogP contribution is 2.30. The molecule has 1 heterocycles. The van der Waals surface area contributed by atoms with Crippen LogP contribution in [-0.4, -0.2) is 29.2 Å². The largest absolute Gasteiger partial charge is 0.493 e. The monoisotopic (exact) mass is 498 g/mol. The number of carboxylic acid groups (broad SMARTS) is 1. The smallest absolute Gasteiger partial charge is 0.321 e. The zero-order valence-corrected chi connectivity index (χ0v) is 20.0. The minimum atomic E-state index is -0.906. The molecule has 1 aromatic heterocycles. The summed E-state index contributed by atoms with van der Waals surface area (Å²) >= 11 is 12.2. The molecule has 4 aromatic rings. The maximum absolute atomic E-state index is 11.9. The number of hydrogen-bond acceptors (Lipinski definition) is 4. The molecule has 0 bridgehead atoms. The second-order valence-electron chi connectivity index (χ2n) is 7.84. The third-order valence-corrected chi connectivity index (χ3v) is 6.16. The number of carboxylic acids is 1. The van der Waals surface area contributed by atoms with E-state index in [0.717, 1.165) is 27.6 Å². The van der Waals surface area contributed by atoms with Crippen LogP contribution >= 0.6 is 23.2 Å². The van der Waals surface area contributed by atoms with Gasteiger partial charge in [0.25, 0.3) is 0 Å². The number of benzene rings is 3. The van der Waals surface area contributed by atoms with E-state index in [2.05, 4.69) is 10.3 Å². The Morgan fingerprint density at radius 3 is 2.65 bits per heavy atom. The molecule has 0 spiro atoms. The van der Waals surface area contributed by atoms with Gasteiger partial charge in [0, 0.05) is 45.7 Å². The van der Waals surface area contributed by atoms with Gasteiger partial charge in [0.2, 0.25) is 0 Å². The lowest BCUT2D eigenvalue weighted by atomic mass is 10.0. The van der Waals surface area contributed by atoms with E-state index >= 15 is 0 Å². The number of aromatic nitrogens is 1. The van der Waals surface area contributed by atoms with E-state index in [1.165, 1.54) is 0 Å². The molecule has 0 aliphatic carbocycles. The molecule has 0 saturated heterocycles. The fourth-order valence-electron chi connectivity index (χ4n) is 3.74. The molecule has 6 nitrogen and oxygen atoms in total. The van der Waals surface area contributed by atoms with Crippen LogP contribution in [0.15, 0.2) is 66.9 Å². The summed E-state index contributed by atoms with van der Waals surface area (Å²) in [4.78, 5) is 15.1. The van der Waals surface area contributed by atoms with Gasteiger partial charge in [0.05, 0.1) is 7.11 Å². The average Bonchev–Trinajstić information content (AvgIpc) is 3.24. The number of hydrogen-bond donors (Lipinski definition) is 3. The molecule has 0 saturated carbocycles. The normalized spacial score (nSPS) is 12.0. The van der Waals surface area contributed by atoms with Crippen LogP contribution in [0.4, 0.5) is 0 Å². The number of carbonyl (C=O) groups is 1. The van der Waals surface area contributed by atoms with Gasteiger partial charge < -0.3 is 24.9 Å². The van der Waals surface area contributed by atoms with E-state index in [1.54, 1.807) is 25.3 Å². The molecule has 0 aliphatic heterocycles. The molecule has 34 heavy (non-hydrogen) atoms. The Labute approximate surface area is 207 Å². The molecular formula is C26H24Cl2N2O4. The summed E-state index contributed by atoms with van der Waals surface area (Å²) in [5.74, 6) is 0.204. The van der Waals surface area contributed by atoms with Gasteiger partial charge in [-0.05, 0) is 41.5 Å². The van der Waals surface area contributed by atoms with Gasteiger partial charge in [-0.15, -0.1) is 0 Å². The van der Waals surface area contributed by atoms with E-state index < -0.39 is 12.0 Å². The number of para-hydroxylation sites is 1. The van der Waals surface area contributed by atoms with Crippen LogP contribution in [0.5, 0.6) is 11.5 Å². The molecule has 0 aliphatic rings. The lowest BCUT2D eigenvalue weighted by Gasteiger charge is -2.16. The molecule has 0 amide bonds. The molecule has 8 heteroatoms. The first-order valence-electron chi connectivity index (χ1n) is 10.7. The minimum Gasteiger partial charge on any atom is -0.493 e. The van der Waals surface area contributed by atoms with Crippen molar-refractivity contribution in [3.63, 3.8) is 0 Å². The van der Waals surface area contributed by atoms with Gasteiger partial charge in [-0.25, -0.2) is 0 Å². The zero-order valence-electron chi connectivity index (χ0n) is 18.5. The van der Waals surface area contributed by atoms with Gasteiger partial charge in [-0.3, -0.25) is 4.79 Å². The number of nitrogens with one attached hydrogen (secondary N) is 2. The van der Waals surface area contributed by atoms with E-state index in [0.29, 0.717) is 34.5 Å². The first kappa shape index (κ1) is 24.0. The van der Waals surface area contributed by atoms with Crippen molar-refractivity contribution in [1.82, 2.24) is 10.3 Å². The van der Waals surface area contributed by atoms with E-state index in [-0.39, 0.29) is 6.61 Å². The molecule has 4 rings (SSSR count). The second-order valence-corrected chi connectivity index (χ2v) is 8.69. The molecule has 0 fully saturated rings. The molecular weight excluding hydrogens is 475 g/mol. The number of methoxy groups -OCH3 is 1. The van der Waals surface area contributed by atoms with Gasteiger partial charge in [0.15, 0.2) is 11.5 Å². The fourth-order valence-corrected chi connectivity index (χ4v) is 4.21. The van der Waals surface area contributed by atoms with Crippen molar-refractivity contribution in [2.75, 3.05) is 7.11 Å². The highest BCUT2D eigenvalue weighted by molar-refractivity contribution is 6.35. The van der Waals surface area contributed by atoms with Gasteiger partial charge in [0.1, 0.15) is 12.6 Å². The van der Waals surface area contributed by atoms with Crippen LogP contribution in [0.2, 0.25) is 10.0 Å². The second kappa shape index (κ2) is 10.8. The van der Waals surface area contributed by atoms with Crippen LogP contribution in [0.3, 0.4) is 0 Å². The van der Waals surface area contributed by atoms with Crippen LogP contribution < -0.4 is 14.8 Å². The van der Waals surface area contributed by atoms with E-state index in [4.69, 9.17) is 32.7 Å². The first-order chi connectivity index (χ1) is 16.4. The van der Waals surface area contributed by atoms with Gasteiger partial charge in [-0.1, -0.05) is 53.5 Å². The van der Waals surface area contributed by atoms with E-state index in [9.17, 15) is 9.90 Å². The predicted octanol–water partition coefficient (Wildman–Crippen LogP) is 5.85. The number of aliphatic carboxylic acids is 1. The number of rotatable bonds is 10. The summed E-state index contributed by atoms with van der Waals surface area (Å²) in [6.07, 6.45) is 2.23. The molecule has 0 radical (unpaired) electrons. The number of fused-ring (bicyclic) bond motifs is 1. The van der Waals surface area contributed by atoms with Gasteiger partial charge >= 0.3 is 5.97 Å². The summed E-state index contributed by atoms with van der Waals surface area (Å²) in [7, 11) is 1.56. The van der Waals surface area contributed by atoms with Crippen LogP contribution in [-0.2, 0) is 24.4 Å². The number of ether oxygens (including phenoxy) is 2. The number of aromatic amines is 1. The van der Waals surface area contributed by atoms with Crippen molar-refractivity contribution in [3.8, 4) is 11.5 Å². The average molecular weight is 499 g/mol. The quantitative estimate of drug-likeness (QED) is 0.255. The Kier molecular flexibility index (Phi) is 7.63. The Balaban J connectivity index is 1.41. The fraction of sp³-hybridized carbons (Fsp3) is 0.192. The number of halogens is 2. The lowest BCUT2D eigenvalue weighted by molar-refractivity contribution is -0.139. The highest BCUT2D eigenvalue weighted by atomic mass is 35.5. The van der Waals surface area contributed by atoms with Crippen LogP contribution in [0, 0.1) is 0 Å². The summed E-state index contributed by atoms with van der Waals surface area (Å²) in [5.41, 5.74) is 3.62. The highest BCUT2D eigenvalue weighted by Gasteiger charge is 2.19. The van der Waals surface area contributed by atoms with Crippen molar-refractivity contribution >= 4 is 40.1 Å². The maximum atomic E-state index is 11.9.